The Balaban J connectivity index is 1.74. The predicted molar refractivity (Wildman–Crippen MR) is 88.7 cm³/mol. The van der Waals surface area contributed by atoms with Crippen molar-refractivity contribution in [2.45, 2.75) is 10.8 Å². The molecule has 0 spiro atoms. The van der Waals surface area contributed by atoms with Crippen LogP contribution in [0.5, 0.6) is 0 Å². The van der Waals surface area contributed by atoms with Crippen LogP contribution in [0.3, 0.4) is 0 Å². The van der Waals surface area contributed by atoms with E-state index < -0.39 is 10.0 Å². The van der Waals surface area contributed by atoms with Gasteiger partial charge in [-0.25, -0.2) is 13.6 Å². The van der Waals surface area contributed by atoms with Crippen LogP contribution < -0.4 is 10.5 Å². The lowest BCUT2D eigenvalue weighted by Gasteiger charge is -2.02. The molecule has 0 radical (unpaired) electrons. The summed E-state index contributed by atoms with van der Waals surface area (Å²) in [4.78, 5) is 13.0. The van der Waals surface area contributed by atoms with Crippen LogP contribution in [-0.4, -0.2) is 14.3 Å². The molecular weight excluding hydrogens is 340 g/mol. The zero-order chi connectivity index (χ0) is 15.7. The summed E-state index contributed by atoms with van der Waals surface area (Å²) in [7, 11) is -3.69. The first-order chi connectivity index (χ1) is 10.4. The molecule has 0 aliphatic carbocycles. The largest absolute Gasteiger partial charge is 0.347 e. The average Bonchev–Trinajstić information content (AvgIpc) is 3.11. The smallest absolute Gasteiger partial charge is 0.253 e. The lowest BCUT2D eigenvalue weighted by atomic mass is 10.1. The Bertz CT molecular complexity index is 941. The highest BCUT2D eigenvalue weighted by atomic mass is 32.2. The summed E-state index contributed by atoms with van der Waals surface area (Å²) in [5.74, 6) is -0.178. The molecule has 0 fully saturated rings. The van der Waals surface area contributed by atoms with Crippen molar-refractivity contribution in [3.05, 3.63) is 52.2 Å². The van der Waals surface area contributed by atoms with Crippen molar-refractivity contribution in [2.75, 3.05) is 0 Å². The van der Waals surface area contributed by atoms with Crippen molar-refractivity contribution in [1.82, 2.24) is 5.32 Å². The summed E-state index contributed by atoms with van der Waals surface area (Å²) >= 11 is 2.57. The molecule has 2 aromatic heterocycles. The van der Waals surface area contributed by atoms with Gasteiger partial charge in [0.1, 0.15) is 4.21 Å². The van der Waals surface area contributed by atoms with Crippen LogP contribution in [-0.2, 0) is 16.6 Å². The van der Waals surface area contributed by atoms with E-state index in [1.165, 1.54) is 17.4 Å². The standard InChI is InChI=1S/C14H12N2O3S3/c15-22(18,19)13-6-5-9(21-13)7-16-14(17)11-8-20-12-4-2-1-3-10(11)12/h1-6,8H,7H2,(H,16,17)(H2,15,18,19). The third kappa shape index (κ3) is 3.05. The predicted octanol–water partition coefficient (Wildman–Crippen LogP) is 2.54. The van der Waals surface area contributed by atoms with Gasteiger partial charge in [0.15, 0.2) is 0 Å². The van der Waals surface area contributed by atoms with Crippen LogP contribution in [0, 0.1) is 0 Å². The second-order valence-corrected chi connectivity index (χ2v) is 8.46. The molecule has 0 saturated heterocycles. The van der Waals surface area contributed by atoms with Gasteiger partial charge in [-0.1, -0.05) is 18.2 Å². The molecule has 0 aliphatic heterocycles. The van der Waals surface area contributed by atoms with Crippen molar-refractivity contribution in [3.63, 3.8) is 0 Å². The van der Waals surface area contributed by atoms with Crippen LogP contribution >= 0.6 is 22.7 Å². The maximum absolute atomic E-state index is 12.3. The number of benzene rings is 1. The fraction of sp³-hybridized carbons (Fsp3) is 0.0714. The minimum Gasteiger partial charge on any atom is -0.347 e. The number of nitrogens with one attached hydrogen (secondary N) is 1. The van der Waals surface area contributed by atoms with Gasteiger partial charge in [-0.15, -0.1) is 22.7 Å². The van der Waals surface area contributed by atoms with Gasteiger partial charge in [-0.05, 0) is 18.2 Å². The third-order valence-electron chi connectivity index (χ3n) is 3.07. The van der Waals surface area contributed by atoms with Gasteiger partial charge in [0.2, 0.25) is 10.0 Å². The summed E-state index contributed by atoms with van der Waals surface area (Å²) in [5.41, 5.74) is 0.629. The maximum atomic E-state index is 12.3. The Morgan fingerprint density at radius 1 is 1.18 bits per heavy atom. The van der Waals surface area contributed by atoms with E-state index in [0.29, 0.717) is 5.56 Å². The highest BCUT2D eigenvalue weighted by Gasteiger charge is 2.14. The number of hydrogen-bond acceptors (Lipinski definition) is 5. The number of amides is 1. The lowest BCUT2D eigenvalue weighted by Crippen LogP contribution is -2.21. The zero-order valence-corrected chi connectivity index (χ0v) is 13.7. The van der Waals surface area contributed by atoms with Crippen molar-refractivity contribution < 1.29 is 13.2 Å². The monoisotopic (exact) mass is 352 g/mol. The fourth-order valence-corrected chi connectivity index (χ4v) is 4.68. The Kier molecular flexibility index (Phi) is 4.00. The number of carbonyl (C=O) groups is 1. The summed E-state index contributed by atoms with van der Waals surface area (Å²) in [5, 5.41) is 10.6. The summed E-state index contributed by atoms with van der Waals surface area (Å²) in [6.45, 7) is 0.267. The molecule has 114 valence electrons. The molecule has 3 N–H and O–H groups in total. The third-order valence-corrected chi connectivity index (χ3v) is 6.55. The number of rotatable bonds is 4. The Labute approximate surface area is 135 Å². The molecule has 0 unspecified atom stereocenters. The van der Waals surface area contributed by atoms with E-state index in [4.69, 9.17) is 5.14 Å². The molecule has 5 nitrogen and oxygen atoms in total. The van der Waals surface area contributed by atoms with Crippen molar-refractivity contribution >= 4 is 48.7 Å². The van der Waals surface area contributed by atoms with E-state index in [1.54, 1.807) is 6.07 Å². The minimum absolute atomic E-state index is 0.0951. The molecule has 0 atom stereocenters. The van der Waals surface area contributed by atoms with Gasteiger partial charge in [-0.3, -0.25) is 4.79 Å². The molecule has 0 bridgehead atoms. The molecule has 1 aromatic carbocycles. The van der Waals surface area contributed by atoms with E-state index >= 15 is 0 Å². The minimum atomic E-state index is -3.69. The molecule has 22 heavy (non-hydrogen) atoms. The van der Waals surface area contributed by atoms with Crippen molar-refractivity contribution in [1.29, 1.82) is 0 Å². The first-order valence-corrected chi connectivity index (χ1v) is 9.55. The van der Waals surface area contributed by atoms with E-state index in [2.05, 4.69) is 5.32 Å². The number of nitrogens with two attached hydrogens (primary N) is 1. The number of hydrogen-bond donors (Lipinski definition) is 2. The number of primary sulfonamides is 1. The molecular formula is C14H12N2O3S3. The van der Waals surface area contributed by atoms with Crippen LogP contribution in [0.1, 0.15) is 15.2 Å². The van der Waals surface area contributed by atoms with E-state index in [1.807, 2.05) is 29.6 Å². The van der Waals surface area contributed by atoms with Crippen LogP contribution in [0.2, 0.25) is 0 Å². The van der Waals surface area contributed by atoms with Crippen molar-refractivity contribution in [3.8, 4) is 0 Å². The molecule has 1 amide bonds. The van der Waals surface area contributed by atoms with E-state index in [9.17, 15) is 13.2 Å². The van der Waals surface area contributed by atoms with Gasteiger partial charge >= 0.3 is 0 Å². The van der Waals surface area contributed by atoms with Gasteiger partial charge in [-0.2, -0.15) is 0 Å². The lowest BCUT2D eigenvalue weighted by molar-refractivity contribution is 0.0953. The molecule has 3 rings (SSSR count). The quantitative estimate of drug-likeness (QED) is 0.756. The Morgan fingerprint density at radius 3 is 2.68 bits per heavy atom. The first-order valence-electron chi connectivity index (χ1n) is 6.31. The van der Waals surface area contributed by atoms with Gasteiger partial charge in [0.05, 0.1) is 12.1 Å². The summed E-state index contributed by atoms with van der Waals surface area (Å²) in [6, 6.07) is 10.8. The first kappa shape index (κ1) is 15.2. The highest BCUT2D eigenvalue weighted by molar-refractivity contribution is 7.91. The van der Waals surface area contributed by atoms with Gasteiger partial charge in [0.25, 0.3) is 5.91 Å². The fourth-order valence-electron chi connectivity index (χ4n) is 2.02. The second kappa shape index (κ2) is 5.81. The van der Waals surface area contributed by atoms with Gasteiger partial charge < -0.3 is 5.32 Å². The number of fused-ring (bicyclic) bond motifs is 1. The molecule has 3 aromatic rings. The second-order valence-electron chi connectivity index (χ2n) is 4.59. The normalized spacial score (nSPS) is 11.7. The highest BCUT2D eigenvalue weighted by Crippen LogP contribution is 2.26. The Morgan fingerprint density at radius 2 is 1.95 bits per heavy atom. The van der Waals surface area contributed by atoms with Crippen molar-refractivity contribution in [2.24, 2.45) is 5.14 Å². The van der Waals surface area contributed by atoms with Crippen LogP contribution in [0.25, 0.3) is 10.1 Å². The number of sulfonamides is 1. The molecule has 0 saturated carbocycles. The molecule has 0 aliphatic rings. The number of thiophene rings is 2. The van der Waals surface area contributed by atoms with Crippen LogP contribution in [0.15, 0.2) is 46.0 Å². The Hall–Kier alpha value is -1.74. The number of carbonyl (C=O) groups excluding carboxylic acids is 1. The topological polar surface area (TPSA) is 89.3 Å². The molecule has 2 heterocycles. The summed E-state index contributed by atoms with van der Waals surface area (Å²) < 4.78 is 23.6. The van der Waals surface area contributed by atoms with E-state index in [0.717, 1.165) is 26.3 Å². The molecule has 8 heteroatoms. The SMILES string of the molecule is NS(=O)(=O)c1ccc(CNC(=O)c2csc3ccccc23)s1. The van der Waals surface area contributed by atoms with Gasteiger partial charge in [0, 0.05) is 20.3 Å². The van der Waals surface area contributed by atoms with E-state index in [-0.39, 0.29) is 16.7 Å². The zero-order valence-electron chi connectivity index (χ0n) is 11.3. The summed E-state index contributed by atoms with van der Waals surface area (Å²) in [6.07, 6.45) is 0. The van der Waals surface area contributed by atoms with Crippen LogP contribution in [0.4, 0.5) is 0 Å². The average molecular weight is 352 g/mol. The maximum Gasteiger partial charge on any atom is 0.253 e.